The standard InChI is InChI=1S/C11H16BrN3S/c1-16-11(4-2-3-5-11)7-13-10-6-9(12)14-8-15-10/h6,8H,2-5,7H2,1H3,(H,13,14,15). The third-order valence-corrected chi connectivity index (χ3v) is 5.03. The Hall–Kier alpha value is -0.290. The highest BCUT2D eigenvalue weighted by Crippen LogP contribution is 2.40. The number of thioether (sulfide) groups is 1. The average Bonchev–Trinajstić information content (AvgIpc) is 2.76. The molecule has 0 atom stereocenters. The molecular formula is C11H16BrN3S. The summed E-state index contributed by atoms with van der Waals surface area (Å²) in [5.74, 6) is 0.905. The molecular weight excluding hydrogens is 286 g/mol. The second-order valence-corrected chi connectivity index (χ2v) is 6.26. The summed E-state index contributed by atoms with van der Waals surface area (Å²) >= 11 is 5.34. The Labute approximate surface area is 109 Å². The summed E-state index contributed by atoms with van der Waals surface area (Å²) in [6, 6.07) is 1.92. The molecule has 0 amide bonds. The van der Waals surface area contributed by atoms with Crippen molar-refractivity contribution in [2.24, 2.45) is 0 Å². The number of hydrogen-bond donors (Lipinski definition) is 1. The first-order valence-corrected chi connectivity index (χ1v) is 7.52. The lowest BCUT2D eigenvalue weighted by Crippen LogP contribution is -2.30. The van der Waals surface area contributed by atoms with Gasteiger partial charge in [0, 0.05) is 17.4 Å². The van der Waals surface area contributed by atoms with Gasteiger partial charge in [-0.1, -0.05) is 12.8 Å². The van der Waals surface area contributed by atoms with Crippen molar-refractivity contribution in [2.75, 3.05) is 18.1 Å². The SMILES string of the molecule is CSC1(CNc2cc(Br)ncn2)CCCC1. The second-order valence-electron chi connectivity index (χ2n) is 4.17. The van der Waals surface area contributed by atoms with Gasteiger partial charge in [-0.15, -0.1) is 0 Å². The molecule has 1 saturated carbocycles. The molecule has 1 fully saturated rings. The number of nitrogens with zero attached hydrogens (tertiary/aromatic N) is 2. The first-order chi connectivity index (χ1) is 7.74. The molecule has 3 nitrogen and oxygen atoms in total. The zero-order valence-corrected chi connectivity index (χ0v) is 11.8. The molecule has 1 aliphatic rings. The molecule has 88 valence electrons. The van der Waals surface area contributed by atoms with Crippen LogP contribution in [0.15, 0.2) is 17.0 Å². The Morgan fingerprint density at radius 1 is 1.44 bits per heavy atom. The molecule has 1 heterocycles. The molecule has 0 aromatic carbocycles. The van der Waals surface area contributed by atoms with Crippen LogP contribution in [-0.2, 0) is 0 Å². The molecule has 1 aliphatic carbocycles. The van der Waals surface area contributed by atoms with E-state index in [2.05, 4.69) is 37.5 Å². The smallest absolute Gasteiger partial charge is 0.130 e. The van der Waals surface area contributed by atoms with E-state index in [1.807, 2.05) is 17.8 Å². The third-order valence-electron chi connectivity index (χ3n) is 3.17. The Balaban J connectivity index is 1.95. The first-order valence-electron chi connectivity index (χ1n) is 5.51. The highest BCUT2D eigenvalue weighted by Gasteiger charge is 2.32. The van der Waals surface area contributed by atoms with Crippen LogP contribution >= 0.6 is 27.7 Å². The van der Waals surface area contributed by atoms with Crippen molar-refractivity contribution in [2.45, 2.75) is 30.4 Å². The molecule has 16 heavy (non-hydrogen) atoms. The maximum atomic E-state index is 4.20. The normalized spacial score (nSPS) is 18.6. The maximum Gasteiger partial charge on any atom is 0.130 e. The minimum absolute atomic E-state index is 0.414. The number of anilines is 1. The van der Waals surface area contributed by atoms with E-state index in [1.165, 1.54) is 25.7 Å². The van der Waals surface area contributed by atoms with Crippen LogP contribution in [-0.4, -0.2) is 27.5 Å². The van der Waals surface area contributed by atoms with E-state index in [4.69, 9.17) is 0 Å². The van der Waals surface area contributed by atoms with E-state index < -0.39 is 0 Å². The zero-order chi connectivity index (χ0) is 11.4. The van der Waals surface area contributed by atoms with E-state index in [-0.39, 0.29) is 0 Å². The summed E-state index contributed by atoms with van der Waals surface area (Å²) in [6.07, 6.45) is 9.13. The molecule has 1 aromatic rings. The minimum Gasteiger partial charge on any atom is -0.369 e. The molecule has 0 bridgehead atoms. The fraction of sp³-hybridized carbons (Fsp3) is 0.636. The summed E-state index contributed by atoms with van der Waals surface area (Å²) in [7, 11) is 0. The predicted molar refractivity (Wildman–Crippen MR) is 72.9 cm³/mol. The van der Waals surface area contributed by atoms with Gasteiger partial charge in [0.25, 0.3) is 0 Å². The Bertz CT molecular complexity index is 353. The number of aromatic nitrogens is 2. The van der Waals surface area contributed by atoms with Crippen LogP contribution < -0.4 is 5.32 Å². The van der Waals surface area contributed by atoms with Crippen molar-refractivity contribution >= 4 is 33.5 Å². The number of halogens is 1. The van der Waals surface area contributed by atoms with Crippen molar-refractivity contribution in [1.29, 1.82) is 0 Å². The number of hydrogen-bond acceptors (Lipinski definition) is 4. The number of rotatable bonds is 4. The molecule has 1 aromatic heterocycles. The third kappa shape index (κ3) is 2.88. The van der Waals surface area contributed by atoms with Crippen LogP contribution in [0, 0.1) is 0 Å². The molecule has 0 saturated heterocycles. The van der Waals surface area contributed by atoms with Crippen LogP contribution in [0.5, 0.6) is 0 Å². The zero-order valence-electron chi connectivity index (χ0n) is 9.37. The molecule has 0 spiro atoms. The molecule has 2 rings (SSSR count). The molecule has 0 radical (unpaired) electrons. The topological polar surface area (TPSA) is 37.8 Å². The van der Waals surface area contributed by atoms with E-state index in [9.17, 15) is 0 Å². The van der Waals surface area contributed by atoms with Crippen molar-refractivity contribution in [3.63, 3.8) is 0 Å². The summed E-state index contributed by atoms with van der Waals surface area (Å²) in [5.41, 5.74) is 0. The van der Waals surface area contributed by atoms with Gasteiger partial charge in [0.05, 0.1) is 0 Å². The largest absolute Gasteiger partial charge is 0.369 e. The van der Waals surface area contributed by atoms with Crippen molar-refractivity contribution in [3.8, 4) is 0 Å². The van der Waals surface area contributed by atoms with Crippen LogP contribution in [0.4, 0.5) is 5.82 Å². The maximum absolute atomic E-state index is 4.20. The number of nitrogens with one attached hydrogen (secondary N) is 1. The van der Waals surface area contributed by atoms with Gasteiger partial charge in [-0.2, -0.15) is 11.8 Å². The fourth-order valence-electron chi connectivity index (χ4n) is 2.15. The van der Waals surface area contributed by atoms with Gasteiger partial charge in [-0.3, -0.25) is 0 Å². The summed E-state index contributed by atoms with van der Waals surface area (Å²) in [5, 5.41) is 3.42. The Morgan fingerprint density at radius 2 is 2.19 bits per heavy atom. The molecule has 1 N–H and O–H groups in total. The van der Waals surface area contributed by atoms with Gasteiger partial charge in [0.2, 0.25) is 0 Å². The summed E-state index contributed by atoms with van der Waals surface area (Å²) in [4.78, 5) is 8.22. The van der Waals surface area contributed by atoms with E-state index in [0.717, 1.165) is 17.0 Å². The lowest BCUT2D eigenvalue weighted by atomic mass is 10.1. The molecule has 5 heteroatoms. The van der Waals surface area contributed by atoms with Gasteiger partial charge in [0.1, 0.15) is 16.7 Å². The van der Waals surface area contributed by atoms with E-state index in [1.54, 1.807) is 6.33 Å². The fourth-order valence-corrected chi connectivity index (χ4v) is 3.38. The van der Waals surface area contributed by atoms with Gasteiger partial charge < -0.3 is 5.32 Å². The minimum atomic E-state index is 0.414. The van der Waals surface area contributed by atoms with Crippen molar-refractivity contribution in [3.05, 3.63) is 17.0 Å². The van der Waals surface area contributed by atoms with Crippen molar-refractivity contribution < 1.29 is 0 Å². The molecule has 0 unspecified atom stereocenters. The van der Waals surface area contributed by atoms with Crippen molar-refractivity contribution in [1.82, 2.24) is 9.97 Å². The van der Waals surface area contributed by atoms with E-state index in [0.29, 0.717) is 4.75 Å². The second kappa shape index (κ2) is 5.36. The molecule has 0 aliphatic heterocycles. The van der Waals surface area contributed by atoms with Gasteiger partial charge >= 0.3 is 0 Å². The summed E-state index contributed by atoms with van der Waals surface area (Å²) in [6.45, 7) is 0.998. The average molecular weight is 302 g/mol. The Morgan fingerprint density at radius 3 is 2.81 bits per heavy atom. The highest BCUT2D eigenvalue weighted by atomic mass is 79.9. The van der Waals surface area contributed by atoms with Gasteiger partial charge in [-0.25, -0.2) is 9.97 Å². The Kier molecular flexibility index (Phi) is 4.08. The van der Waals surface area contributed by atoms with Crippen LogP contribution in [0.2, 0.25) is 0 Å². The lowest BCUT2D eigenvalue weighted by molar-refractivity contribution is 0.638. The van der Waals surface area contributed by atoms with Crippen LogP contribution in [0.25, 0.3) is 0 Å². The highest BCUT2D eigenvalue weighted by molar-refractivity contribution is 9.10. The summed E-state index contributed by atoms with van der Waals surface area (Å²) < 4.78 is 1.24. The van der Waals surface area contributed by atoms with Crippen LogP contribution in [0.1, 0.15) is 25.7 Å². The van der Waals surface area contributed by atoms with E-state index >= 15 is 0 Å². The van der Waals surface area contributed by atoms with Gasteiger partial charge in [-0.05, 0) is 35.0 Å². The monoisotopic (exact) mass is 301 g/mol. The predicted octanol–water partition coefficient (Wildman–Crippen LogP) is 3.33. The van der Waals surface area contributed by atoms with Crippen LogP contribution in [0.3, 0.4) is 0 Å². The lowest BCUT2D eigenvalue weighted by Gasteiger charge is -2.27. The quantitative estimate of drug-likeness (QED) is 0.866. The van der Waals surface area contributed by atoms with Gasteiger partial charge in [0.15, 0.2) is 0 Å². The first kappa shape index (κ1) is 12.2.